The van der Waals surface area contributed by atoms with E-state index in [1.54, 1.807) is 4.98 Å². The van der Waals surface area contributed by atoms with Gasteiger partial charge in [0.1, 0.15) is 5.83 Å². The van der Waals surface area contributed by atoms with Gasteiger partial charge in [0.2, 0.25) is 5.82 Å². The molecule has 0 aromatic carbocycles. The van der Waals surface area contributed by atoms with E-state index in [9.17, 15) is 23.5 Å². The minimum atomic E-state index is -1.27. The summed E-state index contributed by atoms with van der Waals surface area (Å²) >= 11 is 0. The van der Waals surface area contributed by atoms with Crippen molar-refractivity contribution in [3.63, 3.8) is 0 Å². The Kier molecular flexibility index (Phi) is 4.73. The molecule has 106 valence electrons. The second-order valence-electron chi connectivity index (χ2n) is 4.03. The SMILES string of the molecule is CC(/C(F)=C(/CO)[C@H](C)O)n1cc(F)c(=O)[nH]c1=O. The third-order valence-electron chi connectivity index (χ3n) is 2.69. The summed E-state index contributed by atoms with van der Waals surface area (Å²) in [6.07, 6.45) is -0.682. The predicted octanol–water partition coefficient (Wildman–Crippen LogP) is -0.167. The maximum atomic E-state index is 14.0. The van der Waals surface area contributed by atoms with Gasteiger partial charge in [-0.3, -0.25) is 14.3 Å². The topological polar surface area (TPSA) is 95.3 Å². The monoisotopic (exact) mass is 276 g/mol. The van der Waals surface area contributed by atoms with E-state index in [1.807, 2.05) is 0 Å². The van der Waals surface area contributed by atoms with Gasteiger partial charge in [0.05, 0.1) is 24.9 Å². The van der Waals surface area contributed by atoms with E-state index >= 15 is 0 Å². The van der Waals surface area contributed by atoms with Crippen LogP contribution < -0.4 is 11.2 Å². The molecule has 0 amide bonds. The Morgan fingerprint density at radius 1 is 1.47 bits per heavy atom. The number of nitrogens with zero attached hydrogens (tertiary/aromatic N) is 1. The van der Waals surface area contributed by atoms with Crippen LogP contribution in [0.4, 0.5) is 8.78 Å². The third kappa shape index (κ3) is 3.15. The highest BCUT2D eigenvalue weighted by Gasteiger charge is 2.20. The quantitative estimate of drug-likeness (QED) is 0.711. The molecule has 0 saturated heterocycles. The number of allylic oxidation sites excluding steroid dienone is 1. The van der Waals surface area contributed by atoms with Gasteiger partial charge in [0.15, 0.2) is 0 Å². The average molecular weight is 276 g/mol. The van der Waals surface area contributed by atoms with Crippen LogP contribution in [0.3, 0.4) is 0 Å². The van der Waals surface area contributed by atoms with E-state index in [0.29, 0.717) is 10.8 Å². The fraction of sp³-hybridized carbons (Fsp3) is 0.455. The predicted molar refractivity (Wildman–Crippen MR) is 62.9 cm³/mol. The standard InChI is InChI=1S/C11H14F2N2O4/c1-5(9(13)7(4-16)6(2)17)15-3-8(12)10(18)14-11(15)19/h3,5-6,16-17H,4H2,1-2H3,(H,14,18,19)/b9-7+/t5?,6-/m0/s1. The van der Waals surface area contributed by atoms with Crippen LogP contribution in [0.1, 0.15) is 19.9 Å². The highest BCUT2D eigenvalue weighted by Crippen LogP contribution is 2.22. The molecule has 0 aliphatic heterocycles. The maximum absolute atomic E-state index is 14.0. The van der Waals surface area contributed by atoms with Crippen LogP contribution in [-0.4, -0.2) is 32.5 Å². The van der Waals surface area contributed by atoms with Crippen LogP contribution in [-0.2, 0) is 0 Å². The molecule has 0 fully saturated rings. The molecule has 0 aliphatic rings. The molecule has 0 radical (unpaired) electrons. The first-order valence-corrected chi connectivity index (χ1v) is 5.47. The van der Waals surface area contributed by atoms with Gasteiger partial charge in [-0.25, -0.2) is 9.18 Å². The molecule has 1 aromatic heterocycles. The average Bonchev–Trinajstić information content (AvgIpc) is 2.33. The first-order chi connectivity index (χ1) is 8.79. The molecule has 1 rings (SSSR count). The van der Waals surface area contributed by atoms with Crippen molar-refractivity contribution in [2.24, 2.45) is 0 Å². The molecule has 19 heavy (non-hydrogen) atoms. The Balaban J connectivity index is 3.35. The van der Waals surface area contributed by atoms with Crippen LogP contribution in [0.5, 0.6) is 0 Å². The number of aliphatic hydroxyl groups excluding tert-OH is 2. The molecule has 1 aromatic rings. The molecular weight excluding hydrogens is 262 g/mol. The van der Waals surface area contributed by atoms with Crippen molar-refractivity contribution in [2.45, 2.75) is 26.0 Å². The van der Waals surface area contributed by atoms with Crippen LogP contribution in [0.15, 0.2) is 27.2 Å². The molecule has 0 spiro atoms. The van der Waals surface area contributed by atoms with Crippen LogP contribution in [0.25, 0.3) is 0 Å². The van der Waals surface area contributed by atoms with E-state index in [-0.39, 0.29) is 5.57 Å². The largest absolute Gasteiger partial charge is 0.392 e. The lowest BCUT2D eigenvalue weighted by atomic mass is 10.1. The first-order valence-electron chi connectivity index (χ1n) is 5.47. The Morgan fingerprint density at radius 2 is 2.05 bits per heavy atom. The fourth-order valence-corrected chi connectivity index (χ4v) is 1.55. The van der Waals surface area contributed by atoms with Crippen molar-refractivity contribution in [3.8, 4) is 0 Å². The highest BCUT2D eigenvalue weighted by molar-refractivity contribution is 5.16. The van der Waals surface area contributed by atoms with Crippen molar-refractivity contribution in [3.05, 3.63) is 44.3 Å². The second-order valence-corrected chi connectivity index (χ2v) is 4.03. The van der Waals surface area contributed by atoms with Gasteiger partial charge in [-0.1, -0.05) is 0 Å². The van der Waals surface area contributed by atoms with E-state index in [1.165, 1.54) is 13.8 Å². The normalized spacial score (nSPS) is 15.9. The summed E-state index contributed by atoms with van der Waals surface area (Å²) < 4.78 is 27.7. The second kappa shape index (κ2) is 5.89. The number of aromatic nitrogens is 2. The van der Waals surface area contributed by atoms with Crippen LogP contribution >= 0.6 is 0 Å². The van der Waals surface area contributed by atoms with Gasteiger partial charge < -0.3 is 10.2 Å². The summed E-state index contributed by atoms with van der Waals surface area (Å²) in [6, 6.07) is -1.27. The molecule has 1 unspecified atom stereocenters. The summed E-state index contributed by atoms with van der Waals surface area (Å²) in [4.78, 5) is 24.0. The molecule has 2 atom stereocenters. The van der Waals surface area contributed by atoms with E-state index < -0.39 is 41.6 Å². The highest BCUT2D eigenvalue weighted by atomic mass is 19.1. The van der Waals surface area contributed by atoms with Gasteiger partial charge in [0.25, 0.3) is 5.56 Å². The lowest BCUT2D eigenvalue weighted by Crippen LogP contribution is -2.33. The number of aliphatic hydroxyl groups is 2. The molecule has 6 nitrogen and oxygen atoms in total. The fourth-order valence-electron chi connectivity index (χ4n) is 1.55. The van der Waals surface area contributed by atoms with E-state index in [2.05, 4.69) is 0 Å². The number of rotatable bonds is 4. The van der Waals surface area contributed by atoms with Gasteiger partial charge in [-0.05, 0) is 13.8 Å². The number of hydrogen-bond acceptors (Lipinski definition) is 4. The Hall–Kier alpha value is -1.80. The van der Waals surface area contributed by atoms with Crippen LogP contribution in [0, 0.1) is 5.82 Å². The van der Waals surface area contributed by atoms with Crippen molar-refractivity contribution in [2.75, 3.05) is 6.61 Å². The molecule has 0 saturated carbocycles. The van der Waals surface area contributed by atoms with Gasteiger partial charge in [-0.2, -0.15) is 4.39 Å². The van der Waals surface area contributed by atoms with Gasteiger partial charge in [0, 0.05) is 5.57 Å². The van der Waals surface area contributed by atoms with Crippen molar-refractivity contribution < 1.29 is 19.0 Å². The Morgan fingerprint density at radius 3 is 2.53 bits per heavy atom. The molecule has 0 aliphatic carbocycles. The smallest absolute Gasteiger partial charge is 0.329 e. The zero-order valence-electron chi connectivity index (χ0n) is 10.4. The number of nitrogens with one attached hydrogen (secondary N) is 1. The summed E-state index contributed by atoms with van der Waals surface area (Å²) in [5.41, 5.74) is -2.50. The Labute approximate surface area is 106 Å². The lowest BCUT2D eigenvalue weighted by Gasteiger charge is -2.17. The van der Waals surface area contributed by atoms with E-state index in [0.717, 1.165) is 0 Å². The lowest BCUT2D eigenvalue weighted by molar-refractivity contribution is 0.195. The molecule has 8 heteroatoms. The van der Waals surface area contributed by atoms with Crippen molar-refractivity contribution >= 4 is 0 Å². The number of H-pyrrole nitrogens is 1. The zero-order valence-corrected chi connectivity index (χ0v) is 10.4. The summed E-state index contributed by atoms with van der Waals surface area (Å²) in [7, 11) is 0. The summed E-state index contributed by atoms with van der Waals surface area (Å²) in [5, 5.41) is 18.2. The van der Waals surface area contributed by atoms with Gasteiger partial charge in [-0.15, -0.1) is 0 Å². The third-order valence-corrected chi connectivity index (χ3v) is 2.69. The zero-order chi connectivity index (χ0) is 14.7. The maximum Gasteiger partial charge on any atom is 0.329 e. The Bertz CT molecular complexity index is 603. The molecule has 0 bridgehead atoms. The minimum absolute atomic E-state index is 0.314. The van der Waals surface area contributed by atoms with Crippen LogP contribution in [0.2, 0.25) is 0 Å². The van der Waals surface area contributed by atoms with E-state index in [4.69, 9.17) is 5.11 Å². The summed E-state index contributed by atoms with van der Waals surface area (Å²) in [6.45, 7) is 1.73. The first kappa shape index (κ1) is 15.3. The number of hydrogen-bond donors (Lipinski definition) is 3. The van der Waals surface area contributed by atoms with Crippen molar-refractivity contribution in [1.29, 1.82) is 0 Å². The minimum Gasteiger partial charge on any atom is -0.392 e. The number of halogens is 2. The number of aromatic amines is 1. The molecular formula is C11H14F2N2O4. The summed E-state index contributed by atoms with van der Waals surface area (Å²) in [5.74, 6) is -2.20. The molecule has 3 N–H and O–H groups in total. The van der Waals surface area contributed by atoms with Gasteiger partial charge >= 0.3 is 5.69 Å². The molecule has 1 heterocycles. The van der Waals surface area contributed by atoms with Crippen molar-refractivity contribution in [1.82, 2.24) is 9.55 Å².